The van der Waals surface area contributed by atoms with E-state index in [1.54, 1.807) is 48.5 Å². The summed E-state index contributed by atoms with van der Waals surface area (Å²) < 4.78 is 37.5. The summed E-state index contributed by atoms with van der Waals surface area (Å²) in [5.74, 6) is 2.55. The van der Waals surface area contributed by atoms with Crippen LogP contribution < -0.4 is 9.47 Å². The van der Waals surface area contributed by atoms with Crippen LogP contribution in [0.3, 0.4) is 0 Å². The maximum atomic E-state index is 13.0. The number of rotatable bonds is 6. The molecule has 0 aliphatic heterocycles. The molecular formula is C28H28O4S. The first-order valence-electron chi connectivity index (χ1n) is 10.8. The average molecular weight is 461 g/mol. The molecule has 0 atom stereocenters. The van der Waals surface area contributed by atoms with E-state index in [0.29, 0.717) is 23.0 Å². The second-order valence-corrected chi connectivity index (χ2v) is 9.23. The summed E-state index contributed by atoms with van der Waals surface area (Å²) in [5.41, 5.74) is 2.29. The minimum absolute atomic E-state index is 0.205. The van der Waals surface area contributed by atoms with Crippen molar-refractivity contribution < 1.29 is 17.9 Å². The van der Waals surface area contributed by atoms with Crippen LogP contribution in [0.15, 0.2) is 107 Å². The molecule has 33 heavy (non-hydrogen) atoms. The zero-order valence-corrected chi connectivity index (χ0v) is 20.1. The van der Waals surface area contributed by atoms with Crippen LogP contribution in [-0.4, -0.2) is 8.42 Å². The maximum Gasteiger partial charge on any atom is 0.206 e. The van der Waals surface area contributed by atoms with Crippen LogP contribution in [0.1, 0.15) is 25.0 Å². The van der Waals surface area contributed by atoms with E-state index in [1.165, 1.54) is 0 Å². The SMILES string of the molecule is CC.Cc1ccc(Oc2ccc(S(=O)(=O)c3ccc(Oc4ccc(C)cc4)cc3)cc2)cc1. The molecule has 0 bridgehead atoms. The summed E-state index contributed by atoms with van der Waals surface area (Å²) in [6.45, 7) is 8.01. The van der Waals surface area contributed by atoms with Crippen molar-refractivity contribution in [3.8, 4) is 23.0 Å². The summed E-state index contributed by atoms with van der Waals surface area (Å²) in [4.78, 5) is 0.409. The summed E-state index contributed by atoms with van der Waals surface area (Å²) >= 11 is 0. The first-order chi connectivity index (χ1) is 15.9. The van der Waals surface area contributed by atoms with Gasteiger partial charge in [0.15, 0.2) is 0 Å². The summed E-state index contributed by atoms with van der Waals surface area (Å²) in [7, 11) is -3.64. The highest BCUT2D eigenvalue weighted by Gasteiger charge is 2.18. The molecular weight excluding hydrogens is 432 g/mol. The van der Waals surface area contributed by atoms with E-state index >= 15 is 0 Å². The second-order valence-electron chi connectivity index (χ2n) is 7.28. The van der Waals surface area contributed by atoms with Crippen LogP contribution in [0.4, 0.5) is 0 Å². The minimum atomic E-state index is -3.64. The van der Waals surface area contributed by atoms with Gasteiger partial charge < -0.3 is 9.47 Å². The van der Waals surface area contributed by atoms with Gasteiger partial charge in [-0.1, -0.05) is 49.2 Å². The first-order valence-corrected chi connectivity index (χ1v) is 12.3. The second kappa shape index (κ2) is 10.8. The highest BCUT2D eigenvalue weighted by molar-refractivity contribution is 7.91. The first kappa shape index (κ1) is 24.1. The molecule has 4 rings (SSSR count). The lowest BCUT2D eigenvalue weighted by Crippen LogP contribution is -2.01. The number of benzene rings is 4. The van der Waals surface area contributed by atoms with E-state index in [2.05, 4.69) is 0 Å². The Morgan fingerprint density at radius 2 is 0.697 bits per heavy atom. The average Bonchev–Trinajstić information content (AvgIpc) is 2.84. The van der Waals surface area contributed by atoms with E-state index < -0.39 is 9.84 Å². The standard InChI is InChI=1S/C26H22O4S.C2H6/c1-19-3-7-21(8-4-19)29-23-11-15-25(16-12-23)31(27,28)26-17-13-24(14-18-26)30-22-9-5-20(2)6-10-22;1-2/h3-18H,1-2H3;1-2H3. The fourth-order valence-corrected chi connectivity index (χ4v) is 4.26. The third kappa shape index (κ3) is 6.24. The Labute approximate surface area is 196 Å². The van der Waals surface area contributed by atoms with Crippen molar-refractivity contribution >= 4 is 9.84 Å². The molecule has 170 valence electrons. The molecule has 0 amide bonds. The van der Waals surface area contributed by atoms with E-state index in [1.807, 2.05) is 76.2 Å². The molecule has 0 aliphatic rings. The van der Waals surface area contributed by atoms with Crippen LogP contribution in [0.5, 0.6) is 23.0 Å². The van der Waals surface area contributed by atoms with Gasteiger partial charge in [-0.05, 0) is 86.6 Å². The number of hydrogen-bond donors (Lipinski definition) is 0. The predicted molar refractivity (Wildman–Crippen MR) is 132 cm³/mol. The van der Waals surface area contributed by atoms with Gasteiger partial charge >= 0.3 is 0 Å². The Bertz CT molecular complexity index is 1160. The maximum absolute atomic E-state index is 13.0. The topological polar surface area (TPSA) is 52.6 Å². The Morgan fingerprint density at radius 3 is 0.970 bits per heavy atom. The number of hydrogen-bond acceptors (Lipinski definition) is 4. The van der Waals surface area contributed by atoms with Gasteiger partial charge in [-0.2, -0.15) is 0 Å². The van der Waals surface area contributed by atoms with Crippen LogP contribution in [0.2, 0.25) is 0 Å². The van der Waals surface area contributed by atoms with E-state index in [-0.39, 0.29) is 9.79 Å². The zero-order chi connectivity index (χ0) is 23.8. The van der Waals surface area contributed by atoms with Crippen LogP contribution in [-0.2, 0) is 9.84 Å². The molecule has 0 saturated carbocycles. The Balaban J connectivity index is 0.00000149. The van der Waals surface area contributed by atoms with Crippen molar-refractivity contribution in [2.45, 2.75) is 37.5 Å². The van der Waals surface area contributed by atoms with Gasteiger partial charge in [0, 0.05) is 0 Å². The Morgan fingerprint density at radius 1 is 0.455 bits per heavy atom. The summed E-state index contributed by atoms with van der Waals surface area (Å²) in [5, 5.41) is 0. The van der Waals surface area contributed by atoms with E-state index in [9.17, 15) is 8.42 Å². The van der Waals surface area contributed by atoms with E-state index in [4.69, 9.17) is 9.47 Å². The molecule has 0 spiro atoms. The number of aryl methyl sites for hydroxylation is 2. The molecule has 4 nitrogen and oxygen atoms in total. The van der Waals surface area contributed by atoms with Crippen molar-refractivity contribution in [1.82, 2.24) is 0 Å². The van der Waals surface area contributed by atoms with Gasteiger partial charge in [0.1, 0.15) is 23.0 Å². The van der Waals surface area contributed by atoms with Gasteiger partial charge in [0.05, 0.1) is 9.79 Å². The monoisotopic (exact) mass is 460 g/mol. The smallest absolute Gasteiger partial charge is 0.206 e. The molecule has 0 saturated heterocycles. The van der Waals surface area contributed by atoms with Crippen molar-refractivity contribution in [3.63, 3.8) is 0 Å². The molecule has 0 unspecified atom stereocenters. The lowest BCUT2D eigenvalue weighted by Gasteiger charge is -2.09. The fraction of sp³-hybridized carbons (Fsp3) is 0.143. The lowest BCUT2D eigenvalue weighted by atomic mass is 10.2. The molecule has 0 aliphatic carbocycles. The van der Waals surface area contributed by atoms with Gasteiger partial charge in [-0.3, -0.25) is 0 Å². The Hall–Kier alpha value is -3.57. The minimum Gasteiger partial charge on any atom is -0.457 e. The zero-order valence-electron chi connectivity index (χ0n) is 19.3. The van der Waals surface area contributed by atoms with Crippen molar-refractivity contribution in [2.75, 3.05) is 0 Å². The molecule has 0 fully saturated rings. The van der Waals surface area contributed by atoms with Crippen molar-refractivity contribution in [3.05, 3.63) is 108 Å². The highest BCUT2D eigenvalue weighted by atomic mass is 32.2. The normalized spacial score (nSPS) is 10.7. The quantitative estimate of drug-likeness (QED) is 0.295. The highest BCUT2D eigenvalue weighted by Crippen LogP contribution is 2.28. The largest absolute Gasteiger partial charge is 0.457 e. The summed E-state index contributed by atoms with van der Waals surface area (Å²) in [6, 6.07) is 28.2. The molecule has 5 heteroatoms. The van der Waals surface area contributed by atoms with Crippen LogP contribution in [0.25, 0.3) is 0 Å². The van der Waals surface area contributed by atoms with Gasteiger partial charge in [-0.15, -0.1) is 0 Å². The number of sulfone groups is 1. The third-order valence-electron chi connectivity index (χ3n) is 4.78. The van der Waals surface area contributed by atoms with Crippen molar-refractivity contribution in [1.29, 1.82) is 0 Å². The molecule has 0 N–H and O–H groups in total. The van der Waals surface area contributed by atoms with Crippen LogP contribution >= 0.6 is 0 Å². The molecule has 4 aromatic rings. The van der Waals surface area contributed by atoms with E-state index in [0.717, 1.165) is 11.1 Å². The lowest BCUT2D eigenvalue weighted by molar-refractivity contribution is 0.482. The molecule has 4 aromatic carbocycles. The van der Waals surface area contributed by atoms with Gasteiger partial charge in [0.2, 0.25) is 9.84 Å². The van der Waals surface area contributed by atoms with Crippen LogP contribution in [0, 0.1) is 13.8 Å². The van der Waals surface area contributed by atoms with Gasteiger partial charge in [0.25, 0.3) is 0 Å². The fourth-order valence-electron chi connectivity index (χ4n) is 2.99. The predicted octanol–water partition coefficient (Wildman–Crippen LogP) is 7.75. The number of ether oxygens (including phenoxy) is 2. The third-order valence-corrected chi connectivity index (χ3v) is 6.57. The molecule has 0 radical (unpaired) electrons. The summed E-state index contributed by atoms with van der Waals surface area (Å²) in [6.07, 6.45) is 0. The Kier molecular flexibility index (Phi) is 7.91. The van der Waals surface area contributed by atoms with Gasteiger partial charge in [-0.25, -0.2) is 8.42 Å². The molecule has 0 heterocycles. The van der Waals surface area contributed by atoms with Crippen molar-refractivity contribution in [2.24, 2.45) is 0 Å². The molecule has 0 aromatic heterocycles.